The molecule has 2 saturated carbocycles. The minimum absolute atomic E-state index is 0.516. The summed E-state index contributed by atoms with van der Waals surface area (Å²) in [5, 5.41) is 0.516. The van der Waals surface area contributed by atoms with Crippen molar-refractivity contribution >= 4 is 15.7 Å². The van der Waals surface area contributed by atoms with Gasteiger partial charge in [-0.15, -0.1) is 0 Å². The van der Waals surface area contributed by atoms with Crippen molar-refractivity contribution in [1.82, 2.24) is 0 Å². The Labute approximate surface area is 117 Å². The predicted molar refractivity (Wildman–Crippen MR) is 86.7 cm³/mol. The first kappa shape index (κ1) is 14.5. The van der Waals surface area contributed by atoms with Crippen molar-refractivity contribution in [2.45, 2.75) is 83.8 Å². The molecule has 102 valence electrons. The van der Waals surface area contributed by atoms with Crippen molar-refractivity contribution in [1.29, 1.82) is 0 Å². The summed E-state index contributed by atoms with van der Waals surface area (Å²) in [5.41, 5.74) is 1.31. The molecule has 0 aromatic carbocycles. The lowest BCUT2D eigenvalue weighted by molar-refractivity contribution is 0.179. The lowest BCUT2D eigenvalue weighted by Gasteiger charge is -2.49. The maximum atomic E-state index is 2.57. The average molecular weight is 246 g/mol. The van der Waals surface area contributed by atoms with E-state index in [1.165, 1.54) is 57.8 Å². The van der Waals surface area contributed by atoms with Crippen molar-refractivity contribution in [3.8, 4) is 0 Å². The molecule has 0 N–H and O–H groups in total. The second-order valence-corrected chi connectivity index (χ2v) is 8.14. The molecule has 0 aromatic heterocycles. The summed E-state index contributed by atoms with van der Waals surface area (Å²) in [6, 6.07) is 0. The summed E-state index contributed by atoms with van der Waals surface area (Å²) in [6.45, 7) is 7.32. The minimum Gasteiger partial charge on any atom is -0.0766 e. The Hall–Kier alpha value is 0.130. The zero-order valence-electron chi connectivity index (χ0n) is 13.4. The second-order valence-electron chi connectivity index (χ2n) is 8.14. The molecule has 2 aliphatic rings. The van der Waals surface area contributed by atoms with E-state index in [-0.39, 0.29) is 0 Å². The molecule has 2 rings (SSSR count). The number of hydrogen-bond donors (Lipinski definition) is 0. The van der Waals surface area contributed by atoms with Crippen molar-refractivity contribution in [3.05, 3.63) is 0 Å². The number of hydrogen-bond acceptors (Lipinski definition) is 0. The first-order valence-corrected chi connectivity index (χ1v) is 8.39. The van der Waals surface area contributed by atoms with Crippen molar-refractivity contribution in [3.63, 3.8) is 0 Å². The van der Waals surface area contributed by atoms with E-state index in [9.17, 15) is 0 Å². The van der Waals surface area contributed by atoms with E-state index >= 15 is 0 Å². The van der Waals surface area contributed by atoms with E-state index in [0.717, 1.165) is 11.3 Å². The fourth-order valence-corrected chi connectivity index (χ4v) is 5.06. The molecule has 2 heteroatoms. The molecule has 1 atom stereocenters. The third kappa shape index (κ3) is 2.18. The Kier molecular flexibility index (Phi) is 3.96. The molecular formula is C16H32B2. The third-order valence-corrected chi connectivity index (χ3v) is 7.50. The zero-order valence-corrected chi connectivity index (χ0v) is 13.4. The van der Waals surface area contributed by atoms with Gasteiger partial charge in [-0.3, -0.25) is 0 Å². The molecule has 0 nitrogen and oxygen atoms in total. The molecule has 1 unspecified atom stereocenters. The monoisotopic (exact) mass is 246 g/mol. The Balaban J connectivity index is 2.12. The van der Waals surface area contributed by atoms with Crippen molar-refractivity contribution in [2.75, 3.05) is 0 Å². The van der Waals surface area contributed by atoms with E-state index in [2.05, 4.69) is 36.5 Å². The van der Waals surface area contributed by atoms with Gasteiger partial charge in [-0.2, -0.15) is 0 Å². The van der Waals surface area contributed by atoms with Crippen LogP contribution in [0.5, 0.6) is 0 Å². The highest BCUT2D eigenvalue weighted by molar-refractivity contribution is 6.40. The van der Waals surface area contributed by atoms with Crippen LogP contribution in [0.3, 0.4) is 0 Å². The smallest absolute Gasteiger partial charge is 0.0766 e. The fraction of sp³-hybridized carbons (Fsp3) is 1.00. The van der Waals surface area contributed by atoms with Crippen LogP contribution in [0.1, 0.15) is 78.6 Å². The molecule has 2 aliphatic carbocycles. The molecule has 0 aliphatic heterocycles. The molecule has 0 aromatic rings. The van der Waals surface area contributed by atoms with Crippen molar-refractivity contribution < 1.29 is 0 Å². The van der Waals surface area contributed by atoms with Crippen LogP contribution in [0.2, 0.25) is 5.21 Å². The maximum Gasteiger partial charge on any atom is 0.100 e. The maximum absolute atomic E-state index is 2.57. The van der Waals surface area contributed by atoms with Gasteiger partial charge in [0.2, 0.25) is 0 Å². The third-order valence-electron chi connectivity index (χ3n) is 7.50. The molecule has 1 spiro atoms. The van der Waals surface area contributed by atoms with Crippen LogP contribution in [0.25, 0.3) is 0 Å². The fourth-order valence-electron chi connectivity index (χ4n) is 5.06. The van der Waals surface area contributed by atoms with Gasteiger partial charge in [-0.05, 0) is 42.4 Å². The normalized spacial score (nSPS) is 28.1. The van der Waals surface area contributed by atoms with Crippen LogP contribution >= 0.6 is 0 Å². The summed E-state index contributed by atoms with van der Waals surface area (Å²) < 4.78 is 0. The SMILES string of the molecule is BC(B)(C1CCC2(CCCC2)C1)C(C)(CC)CC. The van der Waals surface area contributed by atoms with Gasteiger partial charge in [0.25, 0.3) is 0 Å². The molecule has 18 heavy (non-hydrogen) atoms. The van der Waals surface area contributed by atoms with Crippen LogP contribution in [-0.4, -0.2) is 15.7 Å². The first-order chi connectivity index (χ1) is 8.39. The second kappa shape index (κ2) is 4.91. The highest BCUT2D eigenvalue weighted by atomic mass is 14.5. The Morgan fingerprint density at radius 2 is 1.61 bits per heavy atom. The average Bonchev–Trinajstić information content (AvgIpc) is 2.99. The van der Waals surface area contributed by atoms with E-state index in [0.29, 0.717) is 10.6 Å². The van der Waals surface area contributed by atoms with Gasteiger partial charge in [-0.1, -0.05) is 58.1 Å². The van der Waals surface area contributed by atoms with Crippen LogP contribution < -0.4 is 0 Å². The summed E-state index contributed by atoms with van der Waals surface area (Å²) in [5.74, 6) is 0.973. The van der Waals surface area contributed by atoms with Crippen LogP contribution in [-0.2, 0) is 0 Å². The molecule has 0 heterocycles. The molecular weight excluding hydrogens is 214 g/mol. The highest BCUT2D eigenvalue weighted by Gasteiger charge is 2.50. The van der Waals surface area contributed by atoms with Crippen LogP contribution in [0, 0.1) is 16.7 Å². The van der Waals surface area contributed by atoms with E-state index in [1.54, 1.807) is 0 Å². The summed E-state index contributed by atoms with van der Waals surface area (Å²) in [6.07, 6.45) is 13.3. The topological polar surface area (TPSA) is 0 Å². The minimum atomic E-state index is 0.516. The van der Waals surface area contributed by atoms with Gasteiger partial charge < -0.3 is 0 Å². The molecule has 0 bridgehead atoms. The van der Waals surface area contributed by atoms with Crippen molar-refractivity contribution in [2.24, 2.45) is 16.7 Å². The molecule has 0 saturated heterocycles. The Bertz CT molecular complexity index is 285. The highest BCUT2D eigenvalue weighted by Crippen LogP contribution is 2.62. The van der Waals surface area contributed by atoms with Gasteiger partial charge in [0.1, 0.15) is 15.7 Å². The summed E-state index contributed by atoms with van der Waals surface area (Å²) in [4.78, 5) is 0. The number of rotatable bonds is 4. The molecule has 0 amide bonds. The molecule has 0 radical (unpaired) electrons. The van der Waals surface area contributed by atoms with Gasteiger partial charge in [0.05, 0.1) is 0 Å². The van der Waals surface area contributed by atoms with Crippen LogP contribution in [0.15, 0.2) is 0 Å². The molecule has 2 fully saturated rings. The largest absolute Gasteiger partial charge is 0.100 e. The van der Waals surface area contributed by atoms with Crippen LogP contribution in [0.4, 0.5) is 0 Å². The zero-order chi connectivity index (χ0) is 13.4. The summed E-state index contributed by atoms with van der Waals surface area (Å²) >= 11 is 0. The lowest BCUT2D eigenvalue weighted by atomic mass is 9.36. The van der Waals surface area contributed by atoms with Gasteiger partial charge in [-0.25, -0.2) is 0 Å². The van der Waals surface area contributed by atoms with Gasteiger partial charge >= 0.3 is 0 Å². The van der Waals surface area contributed by atoms with E-state index in [4.69, 9.17) is 0 Å². The van der Waals surface area contributed by atoms with Gasteiger partial charge in [0.15, 0.2) is 0 Å². The van der Waals surface area contributed by atoms with E-state index in [1.807, 2.05) is 0 Å². The van der Waals surface area contributed by atoms with Gasteiger partial charge in [0, 0.05) is 0 Å². The first-order valence-electron chi connectivity index (χ1n) is 8.39. The standard InChI is InChI=1S/C16H32B2/c1-4-14(3,5-2)16(17,18)13-8-11-15(12-13)9-6-7-10-15/h13H,4-12,17-18H2,1-3H3. The van der Waals surface area contributed by atoms with E-state index < -0.39 is 0 Å². The Morgan fingerprint density at radius 3 is 2.11 bits per heavy atom. The quantitative estimate of drug-likeness (QED) is 0.665. The predicted octanol–water partition coefficient (Wildman–Crippen LogP) is 3.56. The Morgan fingerprint density at radius 1 is 1.06 bits per heavy atom. The summed E-state index contributed by atoms with van der Waals surface area (Å²) in [7, 11) is 5.14. The lowest BCUT2D eigenvalue weighted by Crippen LogP contribution is -2.39.